The van der Waals surface area contributed by atoms with Crippen molar-refractivity contribution in [2.45, 2.75) is 92.8 Å². The molecule has 0 aliphatic heterocycles. The van der Waals surface area contributed by atoms with Crippen LogP contribution in [0.4, 0.5) is 0 Å². The van der Waals surface area contributed by atoms with Crippen LogP contribution >= 0.6 is 0 Å². The summed E-state index contributed by atoms with van der Waals surface area (Å²) in [6.07, 6.45) is 0. The highest BCUT2D eigenvalue weighted by molar-refractivity contribution is 6.17. The Morgan fingerprint density at radius 2 is 1.21 bits per heavy atom. The van der Waals surface area contributed by atoms with Gasteiger partial charge in [-0.2, -0.15) is 0 Å². The Morgan fingerprint density at radius 3 is 1.95 bits per heavy atom. The van der Waals surface area contributed by atoms with E-state index in [1.165, 1.54) is 5.56 Å². The van der Waals surface area contributed by atoms with Gasteiger partial charge in [0, 0.05) is 19.0 Å². The van der Waals surface area contributed by atoms with Crippen LogP contribution in [0.5, 0.6) is 0 Å². The number of benzene rings is 8. The Labute approximate surface area is 374 Å². The quantitative estimate of drug-likeness (QED) is 0.143. The lowest BCUT2D eigenvalue weighted by molar-refractivity contribution is 0.670. The SMILES string of the molecule is [2H]C([2H])([2H])c1cc(-c2cc(C(C)C)c(-n3c(-c4cccc5c4oc4cc6c(ccc7ccccc76)cc45)nc4cccc(C([2H])([2H])[2H])c43)c(C(C)C)c2)ccc1-c1ccc(C(C)C)cc1C(C)C. The third kappa shape index (κ3) is 6.44. The van der Waals surface area contributed by atoms with Gasteiger partial charge in [-0.15, -0.1) is 0 Å². The van der Waals surface area contributed by atoms with Crippen LogP contribution in [0.3, 0.4) is 0 Å². The van der Waals surface area contributed by atoms with Gasteiger partial charge in [-0.05, 0) is 151 Å². The molecule has 0 aliphatic rings. The third-order valence-electron chi connectivity index (χ3n) is 12.9. The minimum absolute atomic E-state index is 0.0358. The number of hydrogen-bond acceptors (Lipinski definition) is 2. The van der Waals surface area contributed by atoms with Gasteiger partial charge in [0.05, 0.1) is 22.3 Å². The van der Waals surface area contributed by atoms with Gasteiger partial charge in [-0.25, -0.2) is 4.98 Å². The summed E-state index contributed by atoms with van der Waals surface area (Å²) in [4.78, 5) is 5.33. The second kappa shape index (κ2) is 15.2. The zero-order valence-corrected chi connectivity index (χ0v) is 36.8. The van der Waals surface area contributed by atoms with Crippen molar-refractivity contribution in [1.29, 1.82) is 0 Å². The topological polar surface area (TPSA) is 31.0 Å². The van der Waals surface area contributed by atoms with Crippen molar-refractivity contribution < 1.29 is 12.6 Å². The number of aryl methyl sites for hydroxylation is 2. The molecule has 8 aromatic carbocycles. The van der Waals surface area contributed by atoms with E-state index in [-0.39, 0.29) is 23.3 Å². The first-order valence-electron chi connectivity index (χ1n) is 25.1. The van der Waals surface area contributed by atoms with Crippen LogP contribution in [0, 0.1) is 13.7 Å². The number of nitrogens with zero attached hydrogens (tertiary/aromatic N) is 2. The fourth-order valence-corrected chi connectivity index (χ4v) is 9.61. The maximum Gasteiger partial charge on any atom is 0.149 e. The predicted octanol–water partition coefficient (Wildman–Crippen LogP) is 17.3. The molecule has 0 radical (unpaired) electrons. The van der Waals surface area contributed by atoms with Crippen molar-refractivity contribution in [3.63, 3.8) is 0 Å². The molecule has 0 saturated carbocycles. The van der Waals surface area contributed by atoms with E-state index in [0.29, 0.717) is 39.5 Å². The van der Waals surface area contributed by atoms with E-state index >= 15 is 0 Å². The minimum Gasteiger partial charge on any atom is -0.455 e. The third-order valence-corrected chi connectivity index (χ3v) is 12.9. The lowest BCUT2D eigenvalue weighted by Crippen LogP contribution is -2.10. The van der Waals surface area contributed by atoms with Crippen LogP contribution in [-0.4, -0.2) is 9.55 Å². The summed E-state index contributed by atoms with van der Waals surface area (Å²) in [6.45, 7) is 12.4. The van der Waals surface area contributed by atoms with Gasteiger partial charge in [0.25, 0.3) is 0 Å². The molecule has 308 valence electrons. The Balaban J connectivity index is 1.23. The van der Waals surface area contributed by atoms with Crippen molar-refractivity contribution in [2.24, 2.45) is 0 Å². The summed E-state index contributed by atoms with van der Waals surface area (Å²) in [7, 11) is 0. The lowest BCUT2D eigenvalue weighted by atomic mass is 9.85. The molecule has 2 aromatic heterocycles. The maximum atomic E-state index is 8.84. The highest BCUT2D eigenvalue weighted by Crippen LogP contribution is 2.45. The molecule has 0 aliphatic carbocycles. The first-order chi connectivity index (χ1) is 32.3. The van der Waals surface area contributed by atoms with E-state index in [0.717, 1.165) is 82.5 Å². The summed E-state index contributed by atoms with van der Waals surface area (Å²) in [5.74, 6) is 1.04. The van der Waals surface area contributed by atoms with Gasteiger partial charge in [0.2, 0.25) is 0 Å². The molecule has 10 aromatic rings. The molecule has 2 heterocycles. The van der Waals surface area contributed by atoms with E-state index < -0.39 is 13.7 Å². The van der Waals surface area contributed by atoms with Crippen molar-refractivity contribution >= 4 is 54.5 Å². The maximum absolute atomic E-state index is 8.84. The molecular formula is C59H56N2O. The molecule has 0 spiro atoms. The Kier molecular flexibility index (Phi) is 8.13. The van der Waals surface area contributed by atoms with E-state index in [4.69, 9.17) is 17.6 Å². The van der Waals surface area contributed by atoms with Crippen LogP contribution in [0.1, 0.15) is 121 Å². The largest absolute Gasteiger partial charge is 0.455 e. The van der Waals surface area contributed by atoms with Crippen LogP contribution in [0.2, 0.25) is 0 Å². The summed E-state index contributed by atoms with van der Waals surface area (Å²) < 4.78 is 62.0. The molecule has 0 saturated heterocycles. The minimum atomic E-state index is -2.45. The highest BCUT2D eigenvalue weighted by Gasteiger charge is 2.27. The molecule has 0 bridgehead atoms. The van der Waals surface area contributed by atoms with Gasteiger partial charge in [0.1, 0.15) is 17.0 Å². The van der Waals surface area contributed by atoms with E-state index in [1.807, 2.05) is 36.4 Å². The number of para-hydroxylation sites is 2. The Bertz CT molecular complexity index is 3590. The van der Waals surface area contributed by atoms with E-state index in [9.17, 15) is 0 Å². The van der Waals surface area contributed by atoms with Gasteiger partial charge < -0.3 is 4.42 Å². The molecule has 0 amide bonds. The molecule has 62 heavy (non-hydrogen) atoms. The molecule has 3 nitrogen and oxygen atoms in total. The number of aromatic nitrogens is 2. The average molecular weight is 815 g/mol. The first kappa shape index (κ1) is 33.2. The standard InChI is InChI=1S/C59H56N2O/c1-33(2)40-23-26-46(49(28-40)34(3)4)44-25-24-41(27-38(44)10)43-30-50(35(5)6)57(51(31-43)36(7)8)61-56-37(9)15-13-20-54(56)60-59(61)48-19-14-18-47-53-29-42-22-21-39-16-11-12-17-45(39)52(42)32-55(53)62-58(47)48/h11-36H,1-10H3/i9D3,10D3. The molecule has 0 N–H and O–H groups in total. The van der Waals surface area contributed by atoms with Crippen molar-refractivity contribution in [2.75, 3.05) is 0 Å². The molecule has 0 unspecified atom stereocenters. The molecule has 0 atom stereocenters. The van der Waals surface area contributed by atoms with E-state index in [2.05, 4.69) is 145 Å². The summed E-state index contributed by atoms with van der Waals surface area (Å²) in [5, 5.41) is 6.46. The van der Waals surface area contributed by atoms with Gasteiger partial charge in [-0.1, -0.05) is 152 Å². The van der Waals surface area contributed by atoms with Gasteiger partial charge in [0.15, 0.2) is 0 Å². The smallest absolute Gasteiger partial charge is 0.149 e. The van der Waals surface area contributed by atoms with Crippen molar-refractivity contribution in [3.05, 3.63) is 167 Å². The number of imidazole rings is 1. The van der Waals surface area contributed by atoms with Crippen LogP contribution in [0.25, 0.3) is 93.8 Å². The summed E-state index contributed by atoms with van der Waals surface area (Å²) >= 11 is 0. The van der Waals surface area contributed by atoms with Crippen LogP contribution in [-0.2, 0) is 0 Å². The monoisotopic (exact) mass is 814 g/mol. The molecule has 0 fully saturated rings. The van der Waals surface area contributed by atoms with Crippen molar-refractivity contribution in [1.82, 2.24) is 9.55 Å². The zero-order chi connectivity index (χ0) is 48.1. The Hall–Kier alpha value is -6.45. The summed E-state index contributed by atoms with van der Waals surface area (Å²) in [5.41, 5.74) is 12.3. The first-order valence-corrected chi connectivity index (χ1v) is 22.1. The fourth-order valence-electron chi connectivity index (χ4n) is 9.61. The number of hydrogen-bond donors (Lipinski definition) is 0. The fraction of sp³-hybridized carbons (Fsp3) is 0.237. The molecule has 10 rings (SSSR count). The van der Waals surface area contributed by atoms with Crippen molar-refractivity contribution in [3.8, 4) is 39.3 Å². The van der Waals surface area contributed by atoms with Crippen LogP contribution in [0.15, 0.2) is 138 Å². The zero-order valence-electron chi connectivity index (χ0n) is 42.8. The number of rotatable bonds is 8. The normalized spacial score (nSPS) is 14.1. The second-order valence-electron chi connectivity index (χ2n) is 18.3. The second-order valence-corrected chi connectivity index (χ2v) is 18.3. The number of fused-ring (bicyclic) bond motifs is 7. The van der Waals surface area contributed by atoms with Gasteiger partial charge >= 0.3 is 0 Å². The Morgan fingerprint density at radius 1 is 0.500 bits per heavy atom. The molecule has 3 heteroatoms. The lowest BCUT2D eigenvalue weighted by Gasteiger charge is -2.25. The van der Waals surface area contributed by atoms with Gasteiger partial charge in [-0.3, -0.25) is 4.57 Å². The highest BCUT2D eigenvalue weighted by atomic mass is 16.3. The summed E-state index contributed by atoms with van der Waals surface area (Å²) in [6, 6.07) is 45.1. The van der Waals surface area contributed by atoms with Crippen LogP contribution < -0.4 is 0 Å². The molecular weight excluding hydrogens is 753 g/mol. The average Bonchev–Trinajstić information content (AvgIpc) is 3.87. The predicted molar refractivity (Wildman–Crippen MR) is 265 cm³/mol. The van der Waals surface area contributed by atoms with E-state index in [1.54, 1.807) is 12.1 Å². The number of furan rings is 1.